The normalized spacial score (nSPS) is 22.2. The summed E-state index contributed by atoms with van der Waals surface area (Å²) in [6, 6.07) is 0. The predicted molar refractivity (Wildman–Crippen MR) is 60.6 cm³/mol. The molecular formula is C10H19NO4S. The number of ether oxygens (including phenoxy) is 1. The summed E-state index contributed by atoms with van der Waals surface area (Å²) >= 11 is 0. The lowest BCUT2D eigenvalue weighted by Crippen LogP contribution is -2.46. The van der Waals surface area contributed by atoms with Crippen LogP contribution in [0, 0.1) is 5.92 Å². The summed E-state index contributed by atoms with van der Waals surface area (Å²) in [6.07, 6.45) is 1.44. The second-order valence-corrected chi connectivity index (χ2v) is 7.37. The fraction of sp³-hybridized carbons (Fsp3) is 0.900. The van der Waals surface area contributed by atoms with Gasteiger partial charge in [0.15, 0.2) is 9.84 Å². The molecule has 0 unspecified atom stereocenters. The highest BCUT2D eigenvalue weighted by molar-refractivity contribution is 7.93. The van der Waals surface area contributed by atoms with Gasteiger partial charge in [-0.05, 0) is 32.6 Å². The van der Waals surface area contributed by atoms with Gasteiger partial charge < -0.3 is 10.5 Å². The Morgan fingerprint density at radius 2 is 2.12 bits per heavy atom. The molecule has 1 aliphatic heterocycles. The van der Waals surface area contributed by atoms with E-state index < -0.39 is 20.5 Å². The molecule has 1 fully saturated rings. The first-order valence-electron chi connectivity index (χ1n) is 5.37. The van der Waals surface area contributed by atoms with Crippen molar-refractivity contribution in [1.29, 1.82) is 0 Å². The molecule has 1 rings (SSSR count). The fourth-order valence-corrected chi connectivity index (χ4v) is 3.00. The molecule has 0 aromatic carbocycles. The minimum atomic E-state index is -3.48. The third-order valence-corrected chi connectivity index (χ3v) is 5.72. The quantitative estimate of drug-likeness (QED) is 0.748. The van der Waals surface area contributed by atoms with Crippen LogP contribution in [0.3, 0.4) is 0 Å². The van der Waals surface area contributed by atoms with Crippen molar-refractivity contribution >= 4 is 15.7 Å². The summed E-state index contributed by atoms with van der Waals surface area (Å²) < 4.78 is 27.5. The fourth-order valence-electron chi connectivity index (χ4n) is 1.54. The predicted octanol–water partition coefficient (Wildman–Crippen LogP) is 0.0917. The Balaban J connectivity index is 2.61. The van der Waals surface area contributed by atoms with E-state index >= 15 is 0 Å². The van der Waals surface area contributed by atoms with Crippen molar-refractivity contribution in [3.8, 4) is 0 Å². The Morgan fingerprint density at radius 3 is 2.56 bits per heavy atom. The van der Waals surface area contributed by atoms with Gasteiger partial charge in [-0.1, -0.05) is 0 Å². The zero-order valence-corrected chi connectivity index (χ0v) is 10.5. The van der Waals surface area contributed by atoms with Crippen LogP contribution >= 0.6 is 0 Å². The molecule has 1 heterocycles. The van der Waals surface area contributed by atoms with E-state index in [0.717, 1.165) is 6.42 Å². The number of nitrogens with two attached hydrogens (primary N) is 1. The lowest BCUT2D eigenvalue weighted by molar-refractivity contribution is -0.119. The van der Waals surface area contributed by atoms with Gasteiger partial charge in [-0.15, -0.1) is 0 Å². The molecule has 0 radical (unpaired) electrons. The lowest BCUT2D eigenvalue weighted by Gasteiger charge is -2.21. The first kappa shape index (κ1) is 13.4. The van der Waals surface area contributed by atoms with Gasteiger partial charge in [-0.2, -0.15) is 0 Å². The molecule has 1 amide bonds. The molecule has 0 saturated carbocycles. The highest BCUT2D eigenvalue weighted by Gasteiger charge is 2.40. The smallest absolute Gasteiger partial charge is 0.238 e. The van der Waals surface area contributed by atoms with Gasteiger partial charge in [0.2, 0.25) is 5.91 Å². The number of hydrogen-bond acceptors (Lipinski definition) is 4. The molecule has 1 aliphatic rings. The number of carbonyl (C=O) groups is 1. The molecule has 1 saturated heterocycles. The molecule has 0 aliphatic carbocycles. The Bertz CT molecular complexity index is 355. The zero-order chi connectivity index (χ0) is 12.4. The standard InChI is InChI=1S/C10H19NO4S/c1-10(2,9(11)12)16(13,14)6-4-8-3-5-15-7-8/h8H,3-7H2,1-2H3,(H2,11,12)/t8-/m0/s1. The Morgan fingerprint density at radius 1 is 1.50 bits per heavy atom. The molecule has 6 heteroatoms. The summed E-state index contributed by atoms with van der Waals surface area (Å²) in [4.78, 5) is 11.1. The molecule has 94 valence electrons. The van der Waals surface area contributed by atoms with Crippen molar-refractivity contribution in [2.24, 2.45) is 11.7 Å². The van der Waals surface area contributed by atoms with E-state index in [9.17, 15) is 13.2 Å². The van der Waals surface area contributed by atoms with E-state index in [-0.39, 0.29) is 5.75 Å². The van der Waals surface area contributed by atoms with Crippen molar-refractivity contribution in [3.05, 3.63) is 0 Å². The highest BCUT2D eigenvalue weighted by atomic mass is 32.2. The Kier molecular flexibility index (Phi) is 3.96. The summed E-state index contributed by atoms with van der Waals surface area (Å²) in [6.45, 7) is 4.03. The molecular weight excluding hydrogens is 230 g/mol. The number of hydrogen-bond donors (Lipinski definition) is 1. The van der Waals surface area contributed by atoms with Gasteiger partial charge in [-0.25, -0.2) is 8.42 Å². The van der Waals surface area contributed by atoms with Gasteiger partial charge >= 0.3 is 0 Å². The van der Waals surface area contributed by atoms with E-state index in [1.165, 1.54) is 13.8 Å². The molecule has 0 spiro atoms. The Labute approximate surface area is 96.3 Å². The van der Waals surface area contributed by atoms with E-state index in [2.05, 4.69) is 0 Å². The maximum atomic E-state index is 11.9. The van der Waals surface area contributed by atoms with Crippen molar-refractivity contribution in [1.82, 2.24) is 0 Å². The van der Waals surface area contributed by atoms with Crippen LogP contribution in [0.15, 0.2) is 0 Å². The minimum Gasteiger partial charge on any atom is -0.381 e. The van der Waals surface area contributed by atoms with E-state index in [1.54, 1.807) is 0 Å². The van der Waals surface area contributed by atoms with Gasteiger partial charge in [0.05, 0.1) is 5.75 Å². The van der Waals surface area contributed by atoms with E-state index in [4.69, 9.17) is 10.5 Å². The van der Waals surface area contributed by atoms with Crippen LogP contribution in [0.2, 0.25) is 0 Å². The van der Waals surface area contributed by atoms with Crippen LogP contribution < -0.4 is 5.73 Å². The number of amides is 1. The zero-order valence-electron chi connectivity index (χ0n) is 9.73. The average molecular weight is 249 g/mol. The maximum Gasteiger partial charge on any atom is 0.238 e. The SMILES string of the molecule is CC(C)(C(N)=O)S(=O)(=O)CC[C@@H]1CCOC1. The molecule has 2 N–H and O–H groups in total. The first-order valence-corrected chi connectivity index (χ1v) is 7.02. The molecule has 0 bridgehead atoms. The lowest BCUT2D eigenvalue weighted by atomic mass is 10.1. The van der Waals surface area contributed by atoms with Crippen molar-refractivity contribution in [3.63, 3.8) is 0 Å². The number of sulfone groups is 1. The number of carbonyl (C=O) groups excluding carboxylic acids is 1. The molecule has 0 aromatic rings. The van der Waals surface area contributed by atoms with Crippen LogP contribution in [-0.2, 0) is 19.4 Å². The van der Waals surface area contributed by atoms with Gasteiger partial charge in [0.25, 0.3) is 0 Å². The monoisotopic (exact) mass is 249 g/mol. The minimum absolute atomic E-state index is 0.00301. The van der Waals surface area contributed by atoms with Gasteiger partial charge in [0.1, 0.15) is 4.75 Å². The van der Waals surface area contributed by atoms with Gasteiger partial charge in [-0.3, -0.25) is 4.79 Å². The summed E-state index contributed by atoms with van der Waals surface area (Å²) in [5.74, 6) is -0.509. The molecule has 0 aromatic heterocycles. The van der Waals surface area contributed by atoms with E-state index in [0.29, 0.717) is 25.6 Å². The van der Waals surface area contributed by atoms with Crippen molar-refractivity contribution in [2.45, 2.75) is 31.4 Å². The molecule has 16 heavy (non-hydrogen) atoms. The third kappa shape index (κ3) is 2.74. The second kappa shape index (κ2) is 4.71. The first-order chi connectivity index (χ1) is 7.27. The van der Waals surface area contributed by atoms with Crippen molar-refractivity contribution in [2.75, 3.05) is 19.0 Å². The van der Waals surface area contributed by atoms with Crippen LogP contribution in [0.4, 0.5) is 0 Å². The molecule has 1 atom stereocenters. The van der Waals surface area contributed by atoms with Crippen LogP contribution in [-0.4, -0.2) is 38.0 Å². The van der Waals surface area contributed by atoms with E-state index in [1.807, 2.05) is 0 Å². The van der Waals surface area contributed by atoms with Crippen LogP contribution in [0.5, 0.6) is 0 Å². The Hall–Kier alpha value is -0.620. The molecule has 5 nitrogen and oxygen atoms in total. The van der Waals surface area contributed by atoms with Gasteiger partial charge in [0, 0.05) is 13.2 Å². The second-order valence-electron chi connectivity index (χ2n) is 4.71. The maximum absolute atomic E-state index is 11.9. The van der Waals surface area contributed by atoms with Crippen molar-refractivity contribution < 1.29 is 17.9 Å². The summed E-state index contributed by atoms with van der Waals surface area (Å²) in [5.41, 5.74) is 5.10. The third-order valence-electron chi connectivity index (χ3n) is 3.19. The number of primary amides is 1. The average Bonchev–Trinajstić information content (AvgIpc) is 2.66. The summed E-state index contributed by atoms with van der Waals surface area (Å²) in [7, 11) is -3.48. The number of rotatable bonds is 5. The largest absolute Gasteiger partial charge is 0.381 e. The van der Waals surface area contributed by atoms with Crippen LogP contribution in [0.1, 0.15) is 26.7 Å². The topological polar surface area (TPSA) is 86.5 Å². The van der Waals surface area contributed by atoms with Crippen LogP contribution in [0.25, 0.3) is 0 Å². The highest BCUT2D eigenvalue weighted by Crippen LogP contribution is 2.22. The summed E-state index contributed by atoms with van der Waals surface area (Å²) in [5, 5.41) is 0.